The Kier molecular flexibility index (Phi) is 2.82. The minimum atomic E-state index is -4.59. The highest BCUT2D eigenvalue weighted by Gasteiger charge is 2.29. The van der Waals surface area contributed by atoms with Crippen LogP contribution < -0.4 is 15.8 Å². The van der Waals surface area contributed by atoms with Crippen molar-refractivity contribution >= 4 is 20.8 Å². The maximum atomic E-state index is 11.9. The van der Waals surface area contributed by atoms with Gasteiger partial charge in [0, 0.05) is 4.56 Å². The van der Waals surface area contributed by atoms with Gasteiger partial charge in [0.05, 0.1) is 0 Å². The number of hydrogen-bond acceptors (Lipinski definition) is 3. The molecule has 5 nitrogen and oxygen atoms in total. The van der Waals surface area contributed by atoms with E-state index in [9.17, 15) is 22.8 Å². The molecule has 9 heteroatoms. The van der Waals surface area contributed by atoms with Crippen LogP contribution in [0.2, 0.25) is 0 Å². The quantitative estimate of drug-likeness (QED) is 0.547. The minimum absolute atomic E-state index is 0.0474. The van der Waals surface area contributed by atoms with E-state index in [2.05, 4.69) is 5.10 Å². The number of rotatable bonds is 1. The zero-order valence-electron chi connectivity index (χ0n) is 7.05. The lowest BCUT2D eigenvalue weighted by Crippen LogP contribution is -2.48. The van der Waals surface area contributed by atoms with Gasteiger partial charge in [-0.2, -0.15) is 18.3 Å². The molecule has 0 unspecified atom stereocenters. The van der Waals surface area contributed by atoms with E-state index in [4.69, 9.17) is 0 Å². The molecule has 0 aliphatic heterocycles. The fourth-order valence-electron chi connectivity index (χ4n) is 0.850. The maximum absolute atomic E-state index is 11.9. The van der Waals surface area contributed by atoms with E-state index in [1.165, 1.54) is 0 Å². The zero-order chi connectivity index (χ0) is 10.9. The monoisotopic (exact) mass is 223 g/mol. The largest absolute Gasteiger partial charge is 0.406 e. The Morgan fingerprint density at radius 3 is 2.50 bits per heavy atom. The molecule has 1 heterocycles. The van der Waals surface area contributed by atoms with Crippen LogP contribution in [0.1, 0.15) is 0 Å². The Labute approximate surface area is 83.0 Å². The lowest BCUT2D eigenvalue weighted by atomic mass is 10.6. The highest BCUT2D eigenvalue weighted by molar-refractivity contribution is 6.30. The summed E-state index contributed by atoms with van der Waals surface area (Å²) in [4.78, 5) is 21.9. The fourth-order valence-corrected chi connectivity index (χ4v) is 1.23. The molecule has 14 heavy (non-hydrogen) atoms. The van der Waals surface area contributed by atoms with Gasteiger partial charge >= 0.3 is 28.2 Å². The maximum Gasteiger partial charge on any atom is 0.406 e. The highest BCUT2D eigenvalue weighted by Crippen LogP contribution is 2.14. The van der Waals surface area contributed by atoms with Gasteiger partial charge in [-0.1, -0.05) is 0 Å². The first-order chi connectivity index (χ1) is 6.31. The summed E-state index contributed by atoms with van der Waals surface area (Å²) in [5.41, 5.74) is -2.12. The van der Waals surface area contributed by atoms with Crippen molar-refractivity contribution < 1.29 is 13.2 Å². The first-order valence-electron chi connectivity index (χ1n) is 3.54. The van der Waals surface area contributed by atoms with Crippen LogP contribution in [0, 0.1) is 0 Å². The molecule has 76 valence electrons. The average Bonchev–Trinajstić information content (AvgIpc) is 2.04. The Balaban J connectivity index is 3.28. The van der Waals surface area contributed by atoms with Crippen molar-refractivity contribution in [2.75, 3.05) is 0 Å². The number of H-pyrrole nitrogens is 1. The van der Waals surface area contributed by atoms with Crippen LogP contribution in [0.5, 0.6) is 0 Å². The number of aromatic amines is 1. The minimum Gasteiger partial charge on any atom is -0.269 e. The molecule has 0 atom stereocenters. The van der Waals surface area contributed by atoms with E-state index in [-0.39, 0.29) is 25.4 Å². The van der Waals surface area contributed by atoms with Gasteiger partial charge in [-0.05, 0) is 0 Å². The first kappa shape index (κ1) is 11.0. The van der Waals surface area contributed by atoms with Crippen LogP contribution in [-0.2, 0) is 6.54 Å². The predicted octanol–water partition coefficient (Wildman–Crippen LogP) is -2.25. The van der Waals surface area contributed by atoms with Crippen LogP contribution in [0.3, 0.4) is 0 Å². The van der Waals surface area contributed by atoms with Crippen molar-refractivity contribution in [2.24, 2.45) is 0 Å². The highest BCUT2D eigenvalue weighted by atomic mass is 27.0. The number of nitrogens with one attached hydrogen (secondary N) is 1. The normalized spacial score (nSPS) is 11.6. The van der Waals surface area contributed by atoms with Crippen LogP contribution in [0.25, 0.3) is 0 Å². The SMILES string of the molecule is O=c1[nH]n[c]([AlH2])c(=O)n1CC(F)(F)F. The lowest BCUT2D eigenvalue weighted by molar-refractivity contribution is -0.141. The summed E-state index contributed by atoms with van der Waals surface area (Å²) < 4.78 is 35.8. The summed E-state index contributed by atoms with van der Waals surface area (Å²) in [6, 6.07) is 0. The second kappa shape index (κ2) is 3.59. The molecule has 0 aliphatic rings. The summed E-state index contributed by atoms with van der Waals surface area (Å²) in [5.74, 6) is 0. The Hall–Kier alpha value is -1.07. The Morgan fingerprint density at radius 2 is 2.00 bits per heavy atom. The van der Waals surface area contributed by atoms with Crippen molar-refractivity contribution in [2.45, 2.75) is 12.7 Å². The number of alkyl halides is 3. The van der Waals surface area contributed by atoms with Crippen LogP contribution in [-0.4, -0.2) is 37.2 Å². The van der Waals surface area contributed by atoms with Gasteiger partial charge in [-0.15, -0.1) is 0 Å². The molecule has 0 bridgehead atoms. The van der Waals surface area contributed by atoms with E-state index in [1.807, 2.05) is 5.10 Å². The van der Waals surface area contributed by atoms with Gasteiger partial charge in [-0.3, -0.25) is 4.79 Å². The number of nitrogens with zero attached hydrogens (tertiary/aromatic N) is 2. The van der Waals surface area contributed by atoms with Gasteiger partial charge in [-0.25, -0.2) is 14.5 Å². The predicted molar refractivity (Wildman–Crippen MR) is 43.4 cm³/mol. The van der Waals surface area contributed by atoms with Crippen molar-refractivity contribution in [1.82, 2.24) is 14.8 Å². The Morgan fingerprint density at radius 1 is 1.43 bits per heavy atom. The summed E-state index contributed by atoms with van der Waals surface area (Å²) in [7, 11) is 0. The molecule has 0 saturated heterocycles. The van der Waals surface area contributed by atoms with Gasteiger partial charge in [0.25, 0.3) is 5.56 Å². The smallest absolute Gasteiger partial charge is 0.269 e. The molecule has 0 spiro atoms. The summed E-state index contributed by atoms with van der Waals surface area (Å²) in [6.07, 6.45) is -4.59. The van der Waals surface area contributed by atoms with Gasteiger partial charge < -0.3 is 0 Å². The molecule has 1 rings (SSSR count). The average molecular weight is 223 g/mol. The van der Waals surface area contributed by atoms with Crippen molar-refractivity contribution in [3.8, 4) is 0 Å². The number of hydrogen-bond donors (Lipinski definition) is 1. The molecule has 0 amide bonds. The standard InChI is InChI=1S/C5H3F3N3O2.Al.2H/c6-5(7,8)2-11-3(12)1-9-10-4(11)13;;;/h2H2,(H,10,13);;;. The van der Waals surface area contributed by atoms with E-state index < -0.39 is 24.0 Å². The third kappa shape index (κ3) is 2.46. The van der Waals surface area contributed by atoms with Crippen LogP contribution in [0.15, 0.2) is 9.59 Å². The number of halogens is 3. The van der Waals surface area contributed by atoms with Gasteiger partial charge in [0.1, 0.15) is 6.54 Å². The molecule has 0 radical (unpaired) electrons. The van der Waals surface area contributed by atoms with Crippen molar-refractivity contribution in [1.29, 1.82) is 0 Å². The second-order valence-corrected chi connectivity index (χ2v) is 3.57. The Bertz CT molecular complexity index is 449. The summed E-state index contributed by atoms with van der Waals surface area (Å²) >= 11 is 0.182. The van der Waals surface area contributed by atoms with Crippen LogP contribution >= 0.6 is 0 Å². The molecular weight excluding hydrogens is 218 g/mol. The van der Waals surface area contributed by atoms with Gasteiger partial charge in [0.15, 0.2) is 0 Å². The first-order valence-corrected chi connectivity index (χ1v) is 4.54. The molecule has 0 aromatic carbocycles. The molecule has 0 aliphatic carbocycles. The zero-order valence-corrected chi connectivity index (χ0v) is 9.05. The molecule has 1 aromatic heterocycles. The summed E-state index contributed by atoms with van der Waals surface area (Å²) in [5, 5.41) is 5.12. The van der Waals surface area contributed by atoms with Crippen molar-refractivity contribution in [3.63, 3.8) is 0 Å². The van der Waals surface area contributed by atoms with Crippen LogP contribution in [0.4, 0.5) is 13.2 Å². The molecule has 1 N–H and O–H groups in total. The summed E-state index contributed by atoms with van der Waals surface area (Å²) in [6.45, 7) is -1.58. The number of aromatic nitrogens is 3. The van der Waals surface area contributed by atoms with E-state index in [1.54, 1.807) is 0 Å². The molecule has 0 fully saturated rings. The fraction of sp³-hybridized carbons (Fsp3) is 0.400. The van der Waals surface area contributed by atoms with E-state index >= 15 is 0 Å². The van der Waals surface area contributed by atoms with Crippen molar-refractivity contribution in [3.05, 3.63) is 20.8 Å². The second-order valence-electron chi connectivity index (χ2n) is 2.62. The third-order valence-corrected chi connectivity index (χ3v) is 2.11. The van der Waals surface area contributed by atoms with E-state index in [0.29, 0.717) is 0 Å². The van der Waals surface area contributed by atoms with E-state index in [0.717, 1.165) is 0 Å². The third-order valence-electron chi connectivity index (χ3n) is 1.46. The molecular formula is C5H5AlF3N3O2. The topological polar surface area (TPSA) is 67.8 Å². The van der Waals surface area contributed by atoms with Gasteiger partial charge in [0.2, 0.25) is 0 Å². The lowest BCUT2D eigenvalue weighted by Gasteiger charge is -2.07. The molecule has 0 saturated carbocycles. The molecule has 1 aromatic rings.